The van der Waals surface area contributed by atoms with Gasteiger partial charge in [0.15, 0.2) is 0 Å². The fourth-order valence-corrected chi connectivity index (χ4v) is 2.66. The Bertz CT molecular complexity index is 1030. The lowest BCUT2D eigenvalue weighted by molar-refractivity contribution is -0.114. The minimum absolute atomic E-state index is 0.196. The van der Waals surface area contributed by atoms with Crippen molar-refractivity contribution in [3.05, 3.63) is 89.7 Å². The fourth-order valence-electron chi connectivity index (χ4n) is 2.66. The molecule has 0 spiro atoms. The molecule has 2 aromatic carbocycles. The summed E-state index contributed by atoms with van der Waals surface area (Å²) in [6, 6.07) is 18.7. The van der Waals surface area contributed by atoms with Crippen molar-refractivity contribution in [1.29, 1.82) is 0 Å². The summed E-state index contributed by atoms with van der Waals surface area (Å²) in [4.78, 5) is 40.3. The molecular weight excluding hydrogens is 368 g/mol. The van der Waals surface area contributed by atoms with E-state index < -0.39 is 0 Å². The van der Waals surface area contributed by atoms with Gasteiger partial charge in [0.05, 0.1) is 12.2 Å². The number of benzene rings is 2. The molecule has 7 nitrogen and oxygen atoms in total. The number of hydrogen-bond donors (Lipinski definition) is 3. The first-order valence-corrected chi connectivity index (χ1v) is 8.98. The molecule has 3 rings (SSSR count). The Balaban J connectivity index is 1.66. The largest absolute Gasteiger partial charge is 0.346 e. The van der Waals surface area contributed by atoms with Gasteiger partial charge < -0.3 is 16.0 Å². The van der Waals surface area contributed by atoms with Crippen molar-refractivity contribution in [2.45, 2.75) is 13.5 Å². The molecule has 0 aliphatic heterocycles. The van der Waals surface area contributed by atoms with Gasteiger partial charge in [-0.3, -0.25) is 19.4 Å². The van der Waals surface area contributed by atoms with Crippen LogP contribution in [0.4, 0.5) is 11.4 Å². The van der Waals surface area contributed by atoms with Crippen molar-refractivity contribution < 1.29 is 14.4 Å². The molecule has 0 fully saturated rings. The Morgan fingerprint density at radius 3 is 2.17 bits per heavy atom. The summed E-state index contributed by atoms with van der Waals surface area (Å²) in [5.41, 5.74) is 2.58. The molecule has 0 aliphatic rings. The zero-order valence-electron chi connectivity index (χ0n) is 15.8. The van der Waals surface area contributed by atoms with E-state index in [2.05, 4.69) is 20.9 Å². The number of carbonyl (C=O) groups is 3. The van der Waals surface area contributed by atoms with E-state index in [1.54, 1.807) is 54.7 Å². The van der Waals surface area contributed by atoms with Crippen LogP contribution < -0.4 is 16.0 Å². The number of aromatic nitrogens is 1. The van der Waals surface area contributed by atoms with Crippen LogP contribution in [0.15, 0.2) is 72.9 Å². The van der Waals surface area contributed by atoms with Gasteiger partial charge >= 0.3 is 0 Å². The Hall–Kier alpha value is -4.00. The highest BCUT2D eigenvalue weighted by atomic mass is 16.2. The highest BCUT2D eigenvalue weighted by Gasteiger charge is 2.11. The smallest absolute Gasteiger partial charge is 0.255 e. The predicted molar refractivity (Wildman–Crippen MR) is 111 cm³/mol. The number of hydrogen-bond acceptors (Lipinski definition) is 4. The lowest BCUT2D eigenvalue weighted by atomic mass is 10.1. The lowest BCUT2D eigenvalue weighted by Crippen LogP contribution is -2.23. The molecule has 0 aliphatic carbocycles. The molecule has 3 N–H and O–H groups in total. The summed E-state index contributed by atoms with van der Waals surface area (Å²) >= 11 is 0. The van der Waals surface area contributed by atoms with Crippen LogP contribution in [0.25, 0.3) is 0 Å². The summed E-state index contributed by atoms with van der Waals surface area (Å²) in [5.74, 6) is -0.847. The van der Waals surface area contributed by atoms with E-state index in [0.29, 0.717) is 29.0 Å². The van der Waals surface area contributed by atoms with Crippen LogP contribution in [-0.4, -0.2) is 22.7 Å². The first-order chi connectivity index (χ1) is 14.0. The first kappa shape index (κ1) is 19.8. The second kappa shape index (κ2) is 9.27. The molecule has 7 heteroatoms. The first-order valence-electron chi connectivity index (χ1n) is 8.98. The van der Waals surface area contributed by atoms with Gasteiger partial charge in [-0.2, -0.15) is 0 Å². The van der Waals surface area contributed by atoms with Gasteiger partial charge in [0.1, 0.15) is 0 Å². The second-order valence-electron chi connectivity index (χ2n) is 6.30. The average molecular weight is 388 g/mol. The molecule has 29 heavy (non-hydrogen) atoms. The van der Waals surface area contributed by atoms with Crippen molar-refractivity contribution in [2.75, 3.05) is 10.6 Å². The number of pyridine rings is 1. The Morgan fingerprint density at radius 1 is 0.793 bits per heavy atom. The average Bonchev–Trinajstić information content (AvgIpc) is 2.72. The van der Waals surface area contributed by atoms with E-state index in [1.807, 2.05) is 12.1 Å². The third-order valence-corrected chi connectivity index (χ3v) is 3.98. The van der Waals surface area contributed by atoms with Gasteiger partial charge in [-0.1, -0.05) is 18.2 Å². The van der Waals surface area contributed by atoms with Gasteiger partial charge in [0, 0.05) is 35.6 Å². The SMILES string of the molecule is CC(=O)Nc1cccc(NC(=O)c2cccc(C(=O)NCc3ccccn3)c2)c1. The number of nitrogens with zero attached hydrogens (tertiary/aromatic N) is 1. The van der Waals surface area contributed by atoms with E-state index >= 15 is 0 Å². The number of carbonyl (C=O) groups excluding carboxylic acids is 3. The highest BCUT2D eigenvalue weighted by molar-refractivity contribution is 6.06. The maximum atomic E-state index is 12.6. The van der Waals surface area contributed by atoms with E-state index in [4.69, 9.17) is 0 Å². The molecule has 146 valence electrons. The molecule has 3 amide bonds. The summed E-state index contributed by atoms with van der Waals surface area (Å²) < 4.78 is 0. The van der Waals surface area contributed by atoms with Gasteiger partial charge in [-0.25, -0.2) is 0 Å². The van der Waals surface area contributed by atoms with Crippen molar-refractivity contribution in [3.63, 3.8) is 0 Å². The van der Waals surface area contributed by atoms with Crippen molar-refractivity contribution in [3.8, 4) is 0 Å². The summed E-state index contributed by atoms with van der Waals surface area (Å²) in [7, 11) is 0. The quantitative estimate of drug-likeness (QED) is 0.604. The van der Waals surface area contributed by atoms with Crippen LogP contribution in [0.1, 0.15) is 33.3 Å². The fraction of sp³-hybridized carbons (Fsp3) is 0.0909. The van der Waals surface area contributed by atoms with Crippen LogP contribution in [0.5, 0.6) is 0 Å². The Kier molecular flexibility index (Phi) is 6.32. The van der Waals surface area contributed by atoms with E-state index in [-0.39, 0.29) is 17.7 Å². The zero-order valence-corrected chi connectivity index (χ0v) is 15.8. The van der Waals surface area contributed by atoms with Gasteiger partial charge in [-0.15, -0.1) is 0 Å². The minimum Gasteiger partial charge on any atom is -0.346 e. The monoisotopic (exact) mass is 388 g/mol. The Morgan fingerprint density at radius 2 is 1.48 bits per heavy atom. The lowest BCUT2D eigenvalue weighted by Gasteiger charge is -2.09. The summed E-state index contributed by atoms with van der Waals surface area (Å²) in [5, 5.41) is 8.21. The topological polar surface area (TPSA) is 100 Å². The molecule has 0 unspecified atom stereocenters. The van der Waals surface area contributed by atoms with Crippen LogP contribution in [0.2, 0.25) is 0 Å². The molecular formula is C22H20N4O3. The maximum absolute atomic E-state index is 12.6. The van der Waals surface area contributed by atoms with Crippen LogP contribution >= 0.6 is 0 Å². The summed E-state index contributed by atoms with van der Waals surface area (Å²) in [6.07, 6.45) is 1.66. The molecule has 0 bridgehead atoms. The predicted octanol–water partition coefficient (Wildman–Crippen LogP) is 3.22. The van der Waals surface area contributed by atoms with Crippen molar-refractivity contribution in [1.82, 2.24) is 10.3 Å². The number of rotatable bonds is 6. The maximum Gasteiger partial charge on any atom is 0.255 e. The third-order valence-electron chi connectivity index (χ3n) is 3.98. The molecule has 1 aromatic heterocycles. The summed E-state index contributed by atoms with van der Waals surface area (Å²) in [6.45, 7) is 1.71. The van der Waals surface area contributed by atoms with E-state index in [1.165, 1.54) is 13.0 Å². The van der Waals surface area contributed by atoms with E-state index in [0.717, 1.165) is 5.69 Å². The molecule has 1 heterocycles. The Labute approximate surface area is 168 Å². The van der Waals surface area contributed by atoms with E-state index in [9.17, 15) is 14.4 Å². The second-order valence-corrected chi connectivity index (χ2v) is 6.30. The van der Waals surface area contributed by atoms with Crippen molar-refractivity contribution in [2.24, 2.45) is 0 Å². The zero-order chi connectivity index (χ0) is 20.6. The number of amides is 3. The van der Waals surface area contributed by atoms with Gasteiger partial charge in [-0.05, 0) is 48.5 Å². The van der Waals surface area contributed by atoms with Crippen LogP contribution in [0.3, 0.4) is 0 Å². The van der Waals surface area contributed by atoms with Crippen LogP contribution in [0, 0.1) is 0 Å². The molecule has 3 aromatic rings. The number of anilines is 2. The molecule has 0 atom stereocenters. The molecule has 0 saturated carbocycles. The normalized spacial score (nSPS) is 10.1. The van der Waals surface area contributed by atoms with Crippen molar-refractivity contribution >= 4 is 29.1 Å². The molecule has 0 radical (unpaired) electrons. The standard InChI is InChI=1S/C22H20N4O3/c1-15(27)25-18-9-5-10-19(13-18)26-22(29)17-7-4-6-16(12-17)21(28)24-14-20-8-2-3-11-23-20/h2-13H,14H2,1H3,(H,24,28)(H,25,27)(H,26,29). The third kappa shape index (κ3) is 5.74. The highest BCUT2D eigenvalue weighted by Crippen LogP contribution is 2.16. The van der Waals surface area contributed by atoms with Crippen LogP contribution in [-0.2, 0) is 11.3 Å². The van der Waals surface area contributed by atoms with Gasteiger partial charge in [0.25, 0.3) is 11.8 Å². The molecule has 0 saturated heterocycles. The minimum atomic E-state index is -0.357. The van der Waals surface area contributed by atoms with Gasteiger partial charge in [0.2, 0.25) is 5.91 Å². The number of nitrogens with one attached hydrogen (secondary N) is 3.